The summed E-state index contributed by atoms with van der Waals surface area (Å²) in [7, 11) is 1.25. The van der Waals surface area contributed by atoms with Gasteiger partial charge < -0.3 is 5.32 Å². The maximum absolute atomic E-state index is 13.9. The van der Waals surface area contributed by atoms with Crippen LogP contribution in [0.25, 0.3) is 0 Å². The van der Waals surface area contributed by atoms with Gasteiger partial charge in [0.25, 0.3) is 5.56 Å². The molecule has 0 atom stereocenters. The van der Waals surface area contributed by atoms with Gasteiger partial charge in [-0.25, -0.2) is 13.8 Å². The molecule has 0 saturated heterocycles. The topological polar surface area (TPSA) is 46.9 Å². The molecule has 0 aliphatic heterocycles. The highest BCUT2D eigenvalue weighted by molar-refractivity contribution is 5.35. The van der Waals surface area contributed by atoms with Crippen LogP contribution in [0.1, 0.15) is 22.4 Å². The summed E-state index contributed by atoms with van der Waals surface area (Å²) in [5.74, 6) is -1.90. The molecule has 9 heteroatoms. The molecule has 0 unspecified atom stereocenters. The molecule has 0 amide bonds. The smallest absolute Gasteiger partial charge is 0.351 e. The molecule has 0 saturated carbocycles. The van der Waals surface area contributed by atoms with Gasteiger partial charge in [-0.1, -0.05) is 6.07 Å². The lowest BCUT2D eigenvalue weighted by molar-refractivity contribution is -0.141. The average Bonchev–Trinajstić information content (AvgIpc) is 2.50. The normalized spacial score (nSPS) is 11.7. The summed E-state index contributed by atoms with van der Waals surface area (Å²) in [6.07, 6.45) is -4.79. The van der Waals surface area contributed by atoms with E-state index in [0.717, 1.165) is 17.6 Å². The van der Waals surface area contributed by atoms with Crippen LogP contribution in [0.3, 0.4) is 0 Å². The van der Waals surface area contributed by atoms with Crippen molar-refractivity contribution in [3.63, 3.8) is 0 Å². The van der Waals surface area contributed by atoms with E-state index in [2.05, 4.69) is 10.3 Å². The minimum absolute atomic E-state index is 0.0392. The summed E-state index contributed by atoms with van der Waals surface area (Å²) < 4.78 is 66.8. The van der Waals surface area contributed by atoms with E-state index in [4.69, 9.17) is 0 Å². The van der Waals surface area contributed by atoms with Crippen LogP contribution in [0.5, 0.6) is 0 Å². The number of nitrogens with zero attached hydrogens (tertiary/aromatic N) is 2. The van der Waals surface area contributed by atoms with Crippen molar-refractivity contribution >= 4 is 5.95 Å². The standard InChI is InChI=1S/C15H14F5N3O/c1-7-10(16)5-4-9(11(7)17)6-21-14-22-12(15(18,19)20)8(2)13(24)23(14)3/h4-5H,6H2,1-3H3,(H,21,22). The van der Waals surface area contributed by atoms with E-state index in [1.165, 1.54) is 20.0 Å². The summed E-state index contributed by atoms with van der Waals surface area (Å²) in [6, 6.07) is 2.22. The van der Waals surface area contributed by atoms with Gasteiger partial charge in [0.05, 0.1) is 0 Å². The highest BCUT2D eigenvalue weighted by Crippen LogP contribution is 2.29. The molecule has 0 aliphatic rings. The molecule has 2 aromatic rings. The molecule has 0 bridgehead atoms. The molecule has 0 radical (unpaired) electrons. The molecule has 4 nitrogen and oxygen atoms in total. The van der Waals surface area contributed by atoms with Gasteiger partial charge in [-0.3, -0.25) is 9.36 Å². The van der Waals surface area contributed by atoms with Crippen molar-refractivity contribution in [2.75, 3.05) is 5.32 Å². The first-order valence-electron chi connectivity index (χ1n) is 6.86. The van der Waals surface area contributed by atoms with Crippen molar-refractivity contribution in [3.05, 3.63) is 56.5 Å². The molecule has 1 N–H and O–H groups in total. The van der Waals surface area contributed by atoms with Gasteiger partial charge in [-0.2, -0.15) is 13.2 Å². The maximum Gasteiger partial charge on any atom is 0.433 e. The Morgan fingerprint density at radius 2 is 1.79 bits per heavy atom. The van der Waals surface area contributed by atoms with Crippen LogP contribution in [0.2, 0.25) is 0 Å². The van der Waals surface area contributed by atoms with Gasteiger partial charge >= 0.3 is 6.18 Å². The molecule has 0 aliphatic carbocycles. The second-order valence-electron chi connectivity index (χ2n) is 5.27. The van der Waals surface area contributed by atoms with Crippen molar-refractivity contribution < 1.29 is 22.0 Å². The predicted molar refractivity (Wildman–Crippen MR) is 77.6 cm³/mol. The van der Waals surface area contributed by atoms with Crippen molar-refractivity contribution in [1.82, 2.24) is 9.55 Å². The number of nitrogens with one attached hydrogen (secondary N) is 1. The first-order valence-corrected chi connectivity index (χ1v) is 6.86. The molecule has 1 aromatic carbocycles. The van der Waals surface area contributed by atoms with Gasteiger partial charge in [-0.15, -0.1) is 0 Å². The fraction of sp³-hybridized carbons (Fsp3) is 0.333. The Morgan fingerprint density at radius 3 is 2.38 bits per heavy atom. The van der Waals surface area contributed by atoms with E-state index in [9.17, 15) is 26.7 Å². The van der Waals surface area contributed by atoms with Crippen molar-refractivity contribution in [2.24, 2.45) is 7.05 Å². The molecular formula is C15H14F5N3O. The van der Waals surface area contributed by atoms with Crippen molar-refractivity contribution in [1.29, 1.82) is 0 Å². The zero-order valence-corrected chi connectivity index (χ0v) is 13.1. The van der Waals surface area contributed by atoms with Gasteiger partial charge in [0.2, 0.25) is 5.95 Å². The Labute approximate surface area is 134 Å². The Hall–Kier alpha value is -2.45. The van der Waals surface area contributed by atoms with Crippen LogP contribution >= 0.6 is 0 Å². The lowest BCUT2D eigenvalue weighted by Gasteiger charge is -2.15. The predicted octanol–water partition coefficient (Wildman–Crippen LogP) is 3.31. The number of halogens is 5. The molecule has 1 aromatic heterocycles. The van der Waals surface area contributed by atoms with Crippen LogP contribution in [-0.2, 0) is 19.8 Å². The van der Waals surface area contributed by atoms with E-state index < -0.39 is 34.6 Å². The third-order valence-electron chi connectivity index (χ3n) is 3.62. The number of rotatable bonds is 3. The highest BCUT2D eigenvalue weighted by atomic mass is 19.4. The quantitative estimate of drug-likeness (QED) is 0.867. The fourth-order valence-electron chi connectivity index (χ4n) is 2.18. The number of alkyl halides is 3. The average molecular weight is 347 g/mol. The molecule has 130 valence electrons. The van der Waals surface area contributed by atoms with Gasteiger partial charge in [0.15, 0.2) is 5.69 Å². The zero-order chi connectivity index (χ0) is 18.2. The second-order valence-corrected chi connectivity index (χ2v) is 5.27. The third-order valence-corrected chi connectivity index (χ3v) is 3.62. The number of benzene rings is 1. The zero-order valence-electron chi connectivity index (χ0n) is 13.1. The van der Waals surface area contributed by atoms with E-state index in [1.807, 2.05) is 0 Å². The summed E-state index contributed by atoms with van der Waals surface area (Å²) in [4.78, 5) is 15.3. The van der Waals surface area contributed by atoms with Crippen LogP contribution < -0.4 is 10.9 Å². The maximum atomic E-state index is 13.9. The van der Waals surface area contributed by atoms with Crippen LogP contribution in [-0.4, -0.2) is 9.55 Å². The Kier molecular flexibility index (Phi) is 4.63. The first kappa shape index (κ1) is 17.9. The van der Waals surface area contributed by atoms with Crippen molar-refractivity contribution in [3.8, 4) is 0 Å². The number of aromatic nitrogens is 2. The molecule has 0 fully saturated rings. The molecule has 1 heterocycles. The number of anilines is 1. The summed E-state index contributed by atoms with van der Waals surface area (Å²) in [5.41, 5.74) is -2.85. The summed E-state index contributed by atoms with van der Waals surface area (Å²) in [5, 5.41) is 2.49. The lowest BCUT2D eigenvalue weighted by atomic mass is 10.1. The SMILES string of the molecule is Cc1c(F)ccc(CNc2nc(C(F)(F)F)c(C)c(=O)n2C)c1F. The highest BCUT2D eigenvalue weighted by Gasteiger charge is 2.36. The lowest BCUT2D eigenvalue weighted by Crippen LogP contribution is -2.29. The molecule has 2 rings (SSSR count). The second kappa shape index (κ2) is 6.21. The fourth-order valence-corrected chi connectivity index (χ4v) is 2.18. The van der Waals surface area contributed by atoms with Gasteiger partial charge in [0.1, 0.15) is 11.6 Å². The molecular weight excluding hydrogens is 333 g/mol. The van der Waals surface area contributed by atoms with Crippen molar-refractivity contribution in [2.45, 2.75) is 26.6 Å². The van der Waals surface area contributed by atoms with E-state index in [-0.39, 0.29) is 23.6 Å². The number of hydrogen-bond donors (Lipinski definition) is 1. The van der Waals surface area contributed by atoms with Crippen LogP contribution in [0.15, 0.2) is 16.9 Å². The Bertz CT molecular complexity index is 842. The minimum Gasteiger partial charge on any atom is -0.351 e. The number of hydrogen-bond acceptors (Lipinski definition) is 3. The van der Waals surface area contributed by atoms with E-state index in [1.54, 1.807) is 0 Å². The third kappa shape index (κ3) is 3.24. The Morgan fingerprint density at radius 1 is 1.17 bits per heavy atom. The van der Waals surface area contributed by atoms with E-state index >= 15 is 0 Å². The Balaban J connectivity index is 2.39. The van der Waals surface area contributed by atoms with Gasteiger partial charge in [0, 0.05) is 30.3 Å². The van der Waals surface area contributed by atoms with E-state index in [0.29, 0.717) is 0 Å². The first-order chi connectivity index (χ1) is 11.0. The summed E-state index contributed by atoms with van der Waals surface area (Å²) in [6.45, 7) is 2.02. The summed E-state index contributed by atoms with van der Waals surface area (Å²) >= 11 is 0. The molecule has 24 heavy (non-hydrogen) atoms. The van der Waals surface area contributed by atoms with Crippen LogP contribution in [0, 0.1) is 25.5 Å². The largest absolute Gasteiger partial charge is 0.433 e. The monoisotopic (exact) mass is 347 g/mol. The van der Waals surface area contributed by atoms with Crippen LogP contribution in [0.4, 0.5) is 27.9 Å². The molecule has 0 spiro atoms. The minimum atomic E-state index is -4.79. The van der Waals surface area contributed by atoms with Gasteiger partial charge in [-0.05, 0) is 19.9 Å².